The number of ether oxygens (including phenoxy) is 1. The molecule has 0 N–H and O–H groups in total. The molecule has 118 valence electrons. The number of aliphatic imine (C=N–C) groups is 1. The smallest absolute Gasteiger partial charge is 0.216 e. The van der Waals surface area contributed by atoms with Crippen molar-refractivity contribution in [2.45, 2.75) is 44.6 Å². The van der Waals surface area contributed by atoms with E-state index in [9.17, 15) is 0 Å². The third-order valence-electron chi connectivity index (χ3n) is 5.61. The molecule has 1 aromatic carbocycles. The Morgan fingerprint density at radius 1 is 1.14 bits per heavy atom. The van der Waals surface area contributed by atoms with Gasteiger partial charge in [-0.05, 0) is 49.0 Å². The maximum absolute atomic E-state index is 6.44. The first-order valence-corrected chi connectivity index (χ1v) is 8.53. The summed E-state index contributed by atoms with van der Waals surface area (Å²) in [4.78, 5) is 7.30. The highest BCUT2D eigenvalue weighted by atomic mass is 16.5. The Morgan fingerprint density at radius 3 is 2.36 bits per heavy atom. The van der Waals surface area contributed by atoms with Crippen LogP contribution in [0.5, 0.6) is 0 Å². The molecular weight excluding hydrogens is 272 g/mol. The van der Waals surface area contributed by atoms with E-state index in [0.717, 1.165) is 24.6 Å². The molecule has 0 amide bonds. The van der Waals surface area contributed by atoms with E-state index >= 15 is 0 Å². The van der Waals surface area contributed by atoms with Gasteiger partial charge in [-0.15, -0.1) is 0 Å². The predicted molar refractivity (Wildman–Crippen MR) is 89.5 cm³/mol. The van der Waals surface area contributed by atoms with Crippen molar-refractivity contribution in [3.05, 3.63) is 35.4 Å². The number of piperidine rings is 3. The van der Waals surface area contributed by atoms with Crippen molar-refractivity contribution in [1.29, 1.82) is 0 Å². The number of fused-ring (bicyclic) bond motifs is 2. The number of hydrogen-bond acceptors (Lipinski definition) is 3. The van der Waals surface area contributed by atoms with Gasteiger partial charge < -0.3 is 4.74 Å². The van der Waals surface area contributed by atoms with Crippen LogP contribution in [0, 0.1) is 5.92 Å². The van der Waals surface area contributed by atoms with Gasteiger partial charge >= 0.3 is 0 Å². The van der Waals surface area contributed by atoms with Crippen LogP contribution in [0.15, 0.2) is 29.3 Å². The van der Waals surface area contributed by atoms with Crippen molar-refractivity contribution in [2.75, 3.05) is 26.2 Å². The van der Waals surface area contributed by atoms with E-state index in [2.05, 4.69) is 49.9 Å². The van der Waals surface area contributed by atoms with Crippen LogP contribution in [0.2, 0.25) is 0 Å². The SMILES string of the molecule is CC(C)(C)c1ccc(C2=NCC3(CN4CCC3CC4)O2)cc1. The van der Waals surface area contributed by atoms with Crippen LogP contribution in [0.4, 0.5) is 0 Å². The van der Waals surface area contributed by atoms with Crippen molar-refractivity contribution in [3.8, 4) is 0 Å². The molecule has 2 bridgehead atoms. The zero-order valence-corrected chi connectivity index (χ0v) is 13.9. The second kappa shape index (κ2) is 4.82. The van der Waals surface area contributed by atoms with E-state index in [-0.39, 0.29) is 11.0 Å². The summed E-state index contributed by atoms with van der Waals surface area (Å²) in [5, 5.41) is 0. The lowest BCUT2D eigenvalue weighted by molar-refractivity contribution is -0.0825. The molecule has 1 spiro atoms. The molecule has 0 saturated carbocycles. The third-order valence-corrected chi connectivity index (χ3v) is 5.61. The van der Waals surface area contributed by atoms with Crippen LogP contribution in [0.1, 0.15) is 44.7 Å². The summed E-state index contributed by atoms with van der Waals surface area (Å²) < 4.78 is 6.44. The van der Waals surface area contributed by atoms with E-state index in [1.54, 1.807) is 0 Å². The summed E-state index contributed by atoms with van der Waals surface area (Å²) >= 11 is 0. The van der Waals surface area contributed by atoms with E-state index in [4.69, 9.17) is 9.73 Å². The molecule has 4 heterocycles. The molecule has 3 fully saturated rings. The Balaban J connectivity index is 1.53. The largest absolute Gasteiger partial charge is 0.467 e. The fourth-order valence-corrected chi connectivity index (χ4v) is 4.15. The van der Waals surface area contributed by atoms with Crippen LogP contribution >= 0.6 is 0 Å². The molecule has 4 aliphatic heterocycles. The van der Waals surface area contributed by atoms with Gasteiger partial charge in [-0.3, -0.25) is 4.90 Å². The monoisotopic (exact) mass is 298 g/mol. The van der Waals surface area contributed by atoms with Gasteiger partial charge in [-0.2, -0.15) is 0 Å². The number of nitrogens with zero attached hydrogens (tertiary/aromatic N) is 2. The van der Waals surface area contributed by atoms with Gasteiger partial charge in [-0.25, -0.2) is 4.99 Å². The van der Waals surface area contributed by atoms with E-state index in [0.29, 0.717) is 5.92 Å². The normalized spacial score (nSPS) is 33.9. The maximum Gasteiger partial charge on any atom is 0.216 e. The Labute approximate surface area is 133 Å². The molecule has 4 aliphatic rings. The van der Waals surface area contributed by atoms with Gasteiger partial charge in [0, 0.05) is 18.0 Å². The van der Waals surface area contributed by atoms with Gasteiger partial charge in [-0.1, -0.05) is 32.9 Å². The molecule has 1 aromatic rings. The topological polar surface area (TPSA) is 24.8 Å². The van der Waals surface area contributed by atoms with E-state index in [1.807, 2.05) is 0 Å². The summed E-state index contributed by atoms with van der Waals surface area (Å²) in [6.45, 7) is 11.1. The number of hydrogen-bond donors (Lipinski definition) is 0. The molecule has 0 radical (unpaired) electrons. The van der Waals surface area contributed by atoms with Crippen molar-refractivity contribution >= 4 is 5.90 Å². The van der Waals surface area contributed by atoms with Gasteiger partial charge in [0.1, 0.15) is 5.60 Å². The summed E-state index contributed by atoms with van der Waals surface area (Å²) in [6, 6.07) is 8.76. The minimum Gasteiger partial charge on any atom is -0.467 e. The summed E-state index contributed by atoms with van der Waals surface area (Å²) in [5.74, 6) is 1.54. The standard InChI is InChI=1S/C19H26N2O/c1-18(2,3)15-6-4-14(5-7-15)17-20-12-19(22-17)13-21-10-8-16(19)9-11-21/h4-7,16H,8-13H2,1-3H3. The molecule has 1 atom stereocenters. The first-order chi connectivity index (χ1) is 10.5. The lowest BCUT2D eigenvalue weighted by Crippen LogP contribution is -2.60. The molecule has 0 aliphatic carbocycles. The van der Waals surface area contributed by atoms with E-state index in [1.165, 1.54) is 31.5 Å². The fraction of sp³-hybridized carbons (Fsp3) is 0.632. The van der Waals surface area contributed by atoms with Crippen molar-refractivity contribution in [3.63, 3.8) is 0 Å². The molecule has 1 unspecified atom stereocenters. The third kappa shape index (κ3) is 2.26. The highest BCUT2D eigenvalue weighted by molar-refractivity contribution is 5.95. The summed E-state index contributed by atoms with van der Waals surface area (Å²) in [6.07, 6.45) is 2.54. The molecular formula is C19H26N2O. The average molecular weight is 298 g/mol. The zero-order valence-electron chi connectivity index (χ0n) is 13.9. The van der Waals surface area contributed by atoms with Crippen LogP contribution in [-0.2, 0) is 10.2 Å². The molecule has 3 nitrogen and oxygen atoms in total. The molecule has 22 heavy (non-hydrogen) atoms. The number of benzene rings is 1. The average Bonchev–Trinajstić information content (AvgIpc) is 2.91. The zero-order chi connectivity index (χ0) is 15.4. The maximum atomic E-state index is 6.44. The fourth-order valence-electron chi connectivity index (χ4n) is 4.15. The molecule has 3 heteroatoms. The van der Waals surface area contributed by atoms with Crippen molar-refractivity contribution in [1.82, 2.24) is 4.90 Å². The van der Waals surface area contributed by atoms with Gasteiger partial charge in [0.2, 0.25) is 5.90 Å². The number of rotatable bonds is 1. The second-order valence-corrected chi connectivity index (χ2v) is 8.17. The summed E-state index contributed by atoms with van der Waals surface area (Å²) in [5.41, 5.74) is 2.64. The quantitative estimate of drug-likeness (QED) is 0.795. The first-order valence-electron chi connectivity index (χ1n) is 8.53. The highest BCUT2D eigenvalue weighted by Crippen LogP contribution is 2.41. The first kappa shape index (κ1) is 14.3. The Bertz CT molecular complexity index is 591. The van der Waals surface area contributed by atoms with Gasteiger partial charge in [0.15, 0.2) is 0 Å². The molecule has 0 aromatic heterocycles. The lowest BCUT2D eigenvalue weighted by Gasteiger charge is -2.50. The van der Waals surface area contributed by atoms with Gasteiger partial charge in [0.05, 0.1) is 6.54 Å². The molecule has 5 rings (SSSR count). The highest BCUT2D eigenvalue weighted by Gasteiger charge is 2.51. The van der Waals surface area contributed by atoms with Crippen molar-refractivity contribution < 1.29 is 4.74 Å². The van der Waals surface area contributed by atoms with Crippen LogP contribution in [0.3, 0.4) is 0 Å². The van der Waals surface area contributed by atoms with Crippen LogP contribution < -0.4 is 0 Å². The summed E-state index contributed by atoms with van der Waals surface area (Å²) in [7, 11) is 0. The molecule has 3 saturated heterocycles. The van der Waals surface area contributed by atoms with E-state index < -0.39 is 0 Å². The Morgan fingerprint density at radius 2 is 1.82 bits per heavy atom. The van der Waals surface area contributed by atoms with Crippen LogP contribution in [-0.4, -0.2) is 42.6 Å². The second-order valence-electron chi connectivity index (χ2n) is 8.17. The van der Waals surface area contributed by atoms with Crippen molar-refractivity contribution in [2.24, 2.45) is 10.9 Å². The van der Waals surface area contributed by atoms with Gasteiger partial charge in [0.25, 0.3) is 0 Å². The minimum atomic E-state index is -0.0332. The Kier molecular flexibility index (Phi) is 3.12. The lowest BCUT2D eigenvalue weighted by atomic mass is 9.75. The predicted octanol–water partition coefficient (Wildman–Crippen LogP) is 3.23. The van der Waals surface area contributed by atoms with Crippen LogP contribution in [0.25, 0.3) is 0 Å². The Hall–Kier alpha value is -1.35. The minimum absolute atomic E-state index is 0.0332.